The molecule has 0 unspecified atom stereocenters. The molecule has 0 atom stereocenters. The average Bonchev–Trinajstić information content (AvgIpc) is 2.82. The summed E-state index contributed by atoms with van der Waals surface area (Å²) in [6.45, 7) is 4.18. The molecular formula is C23H26FNO6S. The van der Waals surface area contributed by atoms with E-state index in [1.807, 2.05) is 26.0 Å². The van der Waals surface area contributed by atoms with Crippen LogP contribution in [0.1, 0.15) is 45.7 Å². The van der Waals surface area contributed by atoms with E-state index in [-0.39, 0.29) is 31.2 Å². The van der Waals surface area contributed by atoms with Crippen LogP contribution in [0.4, 0.5) is 4.39 Å². The predicted molar refractivity (Wildman–Crippen MR) is 116 cm³/mol. The van der Waals surface area contributed by atoms with E-state index in [9.17, 15) is 22.4 Å². The molecule has 0 aromatic heterocycles. The molecule has 1 aliphatic heterocycles. The van der Waals surface area contributed by atoms with Gasteiger partial charge in [0.2, 0.25) is 15.8 Å². The Kier molecular flexibility index (Phi) is 7.76. The molecule has 0 spiro atoms. The first kappa shape index (κ1) is 24.0. The van der Waals surface area contributed by atoms with E-state index < -0.39 is 39.8 Å². The van der Waals surface area contributed by atoms with Crippen LogP contribution in [-0.2, 0) is 32.3 Å². The standard InChI is InChI=1S/C23H26FNO6S/c1-3-16-5-6-17(4-2)19(13-16)22(26)15-31-23(27)20-14-18(7-8-21(20)24)32(28,29)25-9-11-30-12-10-25/h5-8,13-14H,3-4,9-12,15H2,1-2H3. The molecular weight excluding hydrogens is 437 g/mol. The SMILES string of the molecule is CCc1ccc(CC)c(C(=O)COC(=O)c2cc(S(=O)(=O)N3CCOCC3)ccc2F)c1. The first-order valence-corrected chi connectivity index (χ1v) is 11.9. The minimum absolute atomic E-state index is 0.171. The molecule has 0 aliphatic carbocycles. The van der Waals surface area contributed by atoms with Crippen molar-refractivity contribution >= 4 is 21.8 Å². The van der Waals surface area contributed by atoms with E-state index in [4.69, 9.17) is 9.47 Å². The fourth-order valence-corrected chi connectivity index (χ4v) is 4.89. The molecule has 0 bridgehead atoms. The van der Waals surface area contributed by atoms with Crippen LogP contribution in [0, 0.1) is 5.82 Å². The van der Waals surface area contributed by atoms with E-state index in [1.54, 1.807) is 6.07 Å². The van der Waals surface area contributed by atoms with Gasteiger partial charge in [-0.1, -0.05) is 26.0 Å². The molecule has 0 amide bonds. The third-order valence-electron chi connectivity index (χ3n) is 5.36. The molecule has 9 heteroatoms. The van der Waals surface area contributed by atoms with Crippen molar-refractivity contribution in [2.45, 2.75) is 31.6 Å². The molecule has 2 aromatic rings. The van der Waals surface area contributed by atoms with Crippen LogP contribution in [0.25, 0.3) is 0 Å². The van der Waals surface area contributed by atoms with Gasteiger partial charge in [0, 0.05) is 18.7 Å². The minimum atomic E-state index is -3.91. The number of aryl methyl sites for hydroxylation is 2. The van der Waals surface area contributed by atoms with Crippen molar-refractivity contribution in [1.29, 1.82) is 0 Å². The lowest BCUT2D eigenvalue weighted by molar-refractivity contribution is 0.0469. The highest BCUT2D eigenvalue weighted by molar-refractivity contribution is 7.89. The molecule has 1 heterocycles. The van der Waals surface area contributed by atoms with Crippen LogP contribution in [0.15, 0.2) is 41.3 Å². The number of halogens is 1. The van der Waals surface area contributed by atoms with Gasteiger partial charge in [-0.2, -0.15) is 4.31 Å². The summed E-state index contributed by atoms with van der Waals surface area (Å²) in [4.78, 5) is 24.9. The zero-order valence-corrected chi connectivity index (χ0v) is 18.9. The summed E-state index contributed by atoms with van der Waals surface area (Å²) in [7, 11) is -3.91. The number of ketones is 1. The van der Waals surface area contributed by atoms with E-state index >= 15 is 0 Å². The van der Waals surface area contributed by atoms with Crippen molar-refractivity contribution in [3.05, 3.63) is 64.5 Å². The van der Waals surface area contributed by atoms with Gasteiger partial charge in [0.1, 0.15) is 5.82 Å². The zero-order valence-electron chi connectivity index (χ0n) is 18.1. The molecule has 32 heavy (non-hydrogen) atoms. The van der Waals surface area contributed by atoms with Gasteiger partial charge in [-0.3, -0.25) is 4.79 Å². The Labute approximate surface area is 187 Å². The summed E-state index contributed by atoms with van der Waals surface area (Å²) < 4.78 is 51.3. The minimum Gasteiger partial charge on any atom is -0.454 e. The van der Waals surface area contributed by atoms with Gasteiger partial charge < -0.3 is 9.47 Å². The molecule has 3 rings (SSSR count). The predicted octanol–water partition coefficient (Wildman–Crippen LogP) is 3.01. The van der Waals surface area contributed by atoms with Crippen molar-refractivity contribution in [2.24, 2.45) is 0 Å². The second kappa shape index (κ2) is 10.3. The molecule has 7 nitrogen and oxygen atoms in total. The van der Waals surface area contributed by atoms with Crippen molar-refractivity contribution in [1.82, 2.24) is 4.31 Å². The number of benzene rings is 2. The number of rotatable bonds is 8. The number of carbonyl (C=O) groups is 2. The third-order valence-corrected chi connectivity index (χ3v) is 7.26. The van der Waals surface area contributed by atoms with Crippen LogP contribution in [-0.4, -0.2) is 57.4 Å². The molecule has 2 aromatic carbocycles. The molecule has 0 N–H and O–H groups in total. The molecule has 1 saturated heterocycles. The topological polar surface area (TPSA) is 90.0 Å². The summed E-state index contributed by atoms with van der Waals surface area (Å²) in [5.74, 6) is -2.42. The van der Waals surface area contributed by atoms with Crippen LogP contribution >= 0.6 is 0 Å². The van der Waals surface area contributed by atoms with Gasteiger partial charge in [-0.05, 0) is 48.2 Å². The second-order valence-corrected chi connectivity index (χ2v) is 9.29. The van der Waals surface area contributed by atoms with Gasteiger partial charge in [0.15, 0.2) is 6.61 Å². The van der Waals surface area contributed by atoms with Crippen LogP contribution in [0.3, 0.4) is 0 Å². The fourth-order valence-electron chi connectivity index (χ4n) is 3.46. The van der Waals surface area contributed by atoms with Gasteiger partial charge in [-0.15, -0.1) is 0 Å². The number of sulfonamides is 1. The number of hydrogen-bond acceptors (Lipinski definition) is 6. The van der Waals surface area contributed by atoms with E-state index in [0.29, 0.717) is 12.0 Å². The number of morpholine rings is 1. The lowest BCUT2D eigenvalue weighted by Crippen LogP contribution is -2.40. The van der Waals surface area contributed by atoms with Gasteiger partial charge in [0.25, 0.3) is 0 Å². The number of hydrogen-bond donors (Lipinski definition) is 0. The lowest BCUT2D eigenvalue weighted by atomic mass is 9.98. The second-order valence-electron chi connectivity index (χ2n) is 7.36. The lowest BCUT2D eigenvalue weighted by Gasteiger charge is -2.26. The maximum Gasteiger partial charge on any atom is 0.341 e. The summed E-state index contributed by atoms with van der Waals surface area (Å²) in [5, 5.41) is 0. The smallest absolute Gasteiger partial charge is 0.341 e. The molecule has 172 valence electrons. The highest BCUT2D eigenvalue weighted by Gasteiger charge is 2.28. The first-order valence-electron chi connectivity index (χ1n) is 10.5. The van der Waals surface area contributed by atoms with Gasteiger partial charge in [0.05, 0.1) is 23.7 Å². The van der Waals surface area contributed by atoms with Crippen LogP contribution < -0.4 is 0 Å². The maximum atomic E-state index is 14.3. The Morgan fingerprint density at radius 2 is 1.75 bits per heavy atom. The zero-order chi connectivity index (χ0) is 23.3. The molecule has 0 radical (unpaired) electrons. The molecule has 1 fully saturated rings. The highest BCUT2D eigenvalue weighted by Crippen LogP contribution is 2.21. The van der Waals surface area contributed by atoms with Crippen molar-refractivity contribution in [2.75, 3.05) is 32.9 Å². The Bertz CT molecular complexity index is 1110. The Hall–Kier alpha value is -2.62. The quantitative estimate of drug-likeness (QED) is 0.442. The van der Waals surface area contributed by atoms with Gasteiger partial charge in [-0.25, -0.2) is 17.6 Å². The number of Topliss-reactive ketones (excluding diaryl/α,β-unsaturated/α-hetero) is 1. The van der Waals surface area contributed by atoms with Crippen molar-refractivity contribution in [3.63, 3.8) is 0 Å². The Morgan fingerprint density at radius 1 is 1.03 bits per heavy atom. The Morgan fingerprint density at radius 3 is 2.41 bits per heavy atom. The first-order chi connectivity index (χ1) is 15.3. The van der Waals surface area contributed by atoms with E-state index in [0.717, 1.165) is 35.7 Å². The van der Waals surface area contributed by atoms with Crippen LogP contribution in [0.2, 0.25) is 0 Å². The summed E-state index contributed by atoms with van der Waals surface area (Å²) >= 11 is 0. The Balaban J connectivity index is 1.77. The molecule has 1 aliphatic rings. The molecule has 0 saturated carbocycles. The van der Waals surface area contributed by atoms with E-state index in [1.165, 1.54) is 4.31 Å². The number of nitrogens with zero attached hydrogens (tertiary/aromatic N) is 1. The summed E-state index contributed by atoms with van der Waals surface area (Å²) in [5.41, 5.74) is 1.73. The summed E-state index contributed by atoms with van der Waals surface area (Å²) in [6, 6.07) is 8.54. The normalized spacial score (nSPS) is 14.8. The third kappa shape index (κ3) is 5.23. The largest absolute Gasteiger partial charge is 0.454 e. The van der Waals surface area contributed by atoms with E-state index in [2.05, 4.69) is 0 Å². The summed E-state index contributed by atoms with van der Waals surface area (Å²) in [6.07, 6.45) is 1.38. The highest BCUT2D eigenvalue weighted by atomic mass is 32.2. The van der Waals surface area contributed by atoms with Crippen molar-refractivity contribution in [3.8, 4) is 0 Å². The maximum absolute atomic E-state index is 14.3. The number of carbonyl (C=O) groups excluding carboxylic acids is 2. The monoisotopic (exact) mass is 463 g/mol. The van der Waals surface area contributed by atoms with Crippen molar-refractivity contribution < 1.29 is 31.9 Å². The average molecular weight is 464 g/mol. The van der Waals surface area contributed by atoms with Crippen LogP contribution in [0.5, 0.6) is 0 Å². The number of ether oxygens (including phenoxy) is 2. The van der Waals surface area contributed by atoms with Gasteiger partial charge >= 0.3 is 5.97 Å². The fraction of sp³-hybridized carbons (Fsp3) is 0.391. The number of esters is 1.